The molecule has 0 heterocycles. The van der Waals surface area contributed by atoms with Gasteiger partial charge in [-0.3, -0.25) is 10.1 Å². The fraction of sp³-hybridized carbons (Fsp3) is 0.200. The highest BCUT2D eigenvalue weighted by atomic mass is 19.1. The van der Waals surface area contributed by atoms with Crippen molar-refractivity contribution in [2.75, 3.05) is 5.32 Å². The highest BCUT2D eigenvalue weighted by Crippen LogP contribution is 2.26. The number of rotatable bonds is 5. The van der Waals surface area contributed by atoms with Crippen molar-refractivity contribution in [2.24, 2.45) is 0 Å². The van der Waals surface area contributed by atoms with Crippen molar-refractivity contribution in [3.05, 3.63) is 69.8 Å². The first-order chi connectivity index (χ1) is 10.0. The first-order valence-corrected chi connectivity index (χ1v) is 6.47. The largest absolute Gasteiger partial charge is 0.378 e. The van der Waals surface area contributed by atoms with Gasteiger partial charge in [-0.05, 0) is 30.2 Å². The number of hydrogen-bond acceptors (Lipinski definition) is 3. The second-order valence-corrected chi connectivity index (χ2v) is 4.58. The van der Waals surface area contributed by atoms with Gasteiger partial charge in [-0.15, -0.1) is 0 Å². The van der Waals surface area contributed by atoms with Crippen molar-refractivity contribution >= 4 is 11.4 Å². The molecular weight excluding hydrogens is 278 g/mol. The van der Waals surface area contributed by atoms with E-state index >= 15 is 0 Å². The lowest BCUT2D eigenvalue weighted by molar-refractivity contribution is -0.387. The molecule has 1 N–H and O–H groups in total. The normalized spacial score (nSPS) is 12.0. The zero-order valence-corrected chi connectivity index (χ0v) is 11.3. The molecule has 110 valence electrons. The highest BCUT2D eigenvalue weighted by Gasteiger charge is 2.16. The summed E-state index contributed by atoms with van der Waals surface area (Å²) in [5.74, 6) is -1.25. The molecule has 0 amide bonds. The quantitative estimate of drug-likeness (QED) is 0.655. The van der Waals surface area contributed by atoms with Crippen LogP contribution in [0.15, 0.2) is 42.5 Å². The summed E-state index contributed by atoms with van der Waals surface area (Å²) < 4.78 is 26.8. The maximum absolute atomic E-state index is 13.6. The molecule has 2 aromatic carbocycles. The third-order valence-electron chi connectivity index (χ3n) is 3.14. The number of hydrogen-bond donors (Lipinski definition) is 1. The molecule has 0 saturated carbocycles. The van der Waals surface area contributed by atoms with E-state index in [1.807, 2.05) is 6.92 Å². The van der Waals surface area contributed by atoms with E-state index in [2.05, 4.69) is 5.32 Å². The summed E-state index contributed by atoms with van der Waals surface area (Å²) in [6.07, 6.45) is 0.655. The number of nitro benzene ring substituents is 1. The SMILES string of the molecule is CCC(Nc1ccc([N+](=O)[O-])c(F)c1)c1cccc(F)c1. The minimum absolute atomic E-state index is 0.207. The Kier molecular flexibility index (Phi) is 4.47. The topological polar surface area (TPSA) is 55.2 Å². The zero-order chi connectivity index (χ0) is 15.4. The average molecular weight is 292 g/mol. The molecule has 0 aliphatic heterocycles. The van der Waals surface area contributed by atoms with E-state index in [0.29, 0.717) is 12.1 Å². The van der Waals surface area contributed by atoms with Crippen LogP contribution in [0.1, 0.15) is 24.9 Å². The summed E-state index contributed by atoms with van der Waals surface area (Å²) in [4.78, 5) is 9.80. The van der Waals surface area contributed by atoms with Gasteiger partial charge in [-0.1, -0.05) is 19.1 Å². The Balaban J connectivity index is 2.23. The molecule has 0 spiro atoms. The summed E-state index contributed by atoms with van der Waals surface area (Å²) in [7, 11) is 0. The van der Waals surface area contributed by atoms with Crippen molar-refractivity contribution < 1.29 is 13.7 Å². The molecule has 21 heavy (non-hydrogen) atoms. The highest BCUT2D eigenvalue weighted by molar-refractivity contribution is 5.51. The molecule has 0 bridgehead atoms. The van der Waals surface area contributed by atoms with Gasteiger partial charge in [0.05, 0.1) is 11.0 Å². The fourth-order valence-corrected chi connectivity index (χ4v) is 2.09. The van der Waals surface area contributed by atoms with Crippen LogP contribution < -0.4 is 5.32 Å². The summed E-state index contributed by atoms with van der Waals surface area (Å²) >= 11 is 0. The standard InChI is InChI=1S/C15H14F2N2O2/c1-2-14(10-4-3-5-11(16)8-10)18-12-6-7-15(19(20)21)13(17)9-12/h3-9,14,18H,2H2,1H3. The molecule has 1 atom stereocenters. The van der Waals surface area contributed by atoms with Crippen molar-refractivity contribution in [2.45, 2.75) is 19.4 Å². The van der Waals surface area contributed by atoms with Crippen molar-refractivity contribution in [3.63, 3.8) is 0 Å². The molecule has 1 unspecified atom stereocenters. The van der Waals surface area contributed by atoms with Crippen LogP contribution >= 0.6 is 0 Å². The Morgan fingerprint density at radius 2 is 2.00 bits per heavy atom. The summed E-state index contributed by atoms with van der Waals surface area (Å²) in [6.45, 7) is 1.91. The Labute approximate surface area is 120 Å². The molecule has 0 saturated heterocycles. The van der Waals surface area contributed by atoms with Crippen molar-refractivity contribution in [1.29, 1.82) is 0 Å². The number of nitrogens with one attached hydrogen (secondary N) is 1. The minimum atomic E-state index is -0.904. The van der Waals surface area contributed by atoms with E-state index in [9.17, 15) is 18.9 Å². The van der Waals surface area contributed by atoms with Gasteiger partial charge in [0.2, 0.25) is 5.82 Å². The van der Waals surface area contributed by atoms with Gasteiger partial charge in [0, 0.05) is 17.8 Å². The van der Waals surface area contributed by atoms with Crippen LogP contribution in [-0.2, 0) is 0 Å². The number of nitro groups is 1. The van der Waals surface area contributed by atoms with Gasteiger partial charge in [-0.25, -0.2) is 4.39 Å². The number of benzene rings is 2. The van der Waals surface area contributed by atoms with Crippen LogP contribution in [0.2, 0.25) is 0 Å². The van der Waals surface area contributed by atoms with Gasteiger partial charge < -0.3 is 5.32 Å². The summed E-state index contributed by atoms with van der Waals surface area (Å²) in [5, 5.41) is 13.6. The number of halogens is 2. The molecule has 0 aromatic heterocycles. The molecule has 2 aromatic rings. The van der Waals surface area contributed by atoms with Crippen LogP contribution in [0, 0.1) is 21.7 Å². The molecule has 0 radical (unpaired) electrons. The first-order valence-electron chi connectivity index (χ1n) is 6.47. The minimum Gasteiger partial charge on any atom is -0.378 e. The first kappa shape index (κ1) is 14.9. The van der Waals surface area contributed by atoms with E-state index in [0.717, 1.165) is 17.7 Å². The number of anilines is 1. The second-order valence-electron chi connectivity index (χ2n) is 4.58. The lowest BCUT2D eigenvalue weighted by atomic mass is 10.0. The Morgan fingerprint density at radius 1 is 1.24 bits per heavy atom. The molecule has 2 rings (SSSR count). The van der Waals surface area contributed by atoms with E-state index in [4.69, 9.17) is 0 Å². The second kappa shape index (κ2) is 6.30. The average Bonchev–Trinajstić information content (AvgIpc) is 2.44. The fourth-order valence-electron chi connectivity index (χ4n) is 2.09. The van der Waals surface area contributed by atoms with Crippen LogP contribution in [0.25, 0.3) is 0 Å². The predicted molar refractivity (Wildman–Crippen MR) is 76.1 cm³/mol. The summed E-state index contributed by atoms with van der Waals surface area (Å²) in [6, 6.07) is 9.53. The van der Waals surface area contributed by atoms with Crippen LogP contribution in [0.4, 0.5) is 20.2 Å². The van der Waals surface area contributed by atoms with Gasteiger partial charge in [0.25, 0.3) is 0 Å². The lowest BCUT2D eigenvalue weighted by Gasteiger charge is -2.19. The van der Waals surface area contributed by atoms with Gasteiger partial charge in [-0.2, -0.15) is 4.39 Å². The van der Waals surface area contributed by atoms with Crippen LogP contribution in [0.3, 0.4) is 0 Å². The van der Waals surface area contributed by atoms with Crippen LogP contribution in [0.5, 0.6) is 0 Å². The zero-order valence-electron chi connectivity index (χ0n) is 11.3. The smallest absolute Gasteiger partial charge is 0.304 e. The Morgan fingerprint density at radius 3 is 2.57 bits per heavy atom. The lowest BCUT2D eigenvalue weighted by Crippen LogP contribution is -2.10. The predicted octanol–water partition coefficient (Wildman–Crippen LogP) is 4.44. The van der Waals surface area contributed by atoms with E-state index in [1.54, 1.807) is 12.1 Å². The molecule has 4 nitrogen and oxygen atoms in total. The van der Waals surface area contributed by atoms with Gasteiger partial charge in [0.1, 0.15) is 5.82 Å². The van der Waals surface area contributed by atoms with E-state index in [1.165, 1.54) is 18.2 Å². The maximum atomic E-state index is 13.6. The van der Waals surface area contributed by atoms with Crippen LogP contribution in [-0.4, -0.2) is 4.92 Å². The van der Waals surface area contributed by atoms with Gasteiger partial charge >= 0.3 is 5.69 Å². The molecule has 0 aliphatic carbocycles. The van der Waals surface area contributed by atoms with E-state index < -0.39 is 16.4 Å². The maximum Gasteiger partial charge on any atom is 0.304 e. The molecule has 0 fully saturated rings. The summed E-state index contributed by atoms with van der Waals surface area (Å²) in [5.41, 5.74) is 0.574. The van der Waals surface area contributed by atoms with Crippen molar-refractivity contribution in [3.8, 4) is 0 Å². The third-order valence-corrected chi connectivity index (χ3v) is 3.14. The molecular formula is C15H14F2N2O2. The Bertz CT molecular complexity index is 662. The Hall–Kier alpha value is -2.50. The van der Waals surface area contributed by atoms with Gasteiger partial charge in [0.15, 0.2) is 0 Å². The van der Waals surface area contributed by atoms with Crippen molar-refractivity contribution in [1.82, 2.24) is 0 Å². The van der Waals surface area contributed by atoms with E-state index in [-0.39, 0.29) is 11.9 Å². The number of nitrogens with zero attached hydrogens (tertiary/aromatic N) is 1. The molecule has 6 heteroatoms. The third kappa shape index (κ3) is 3.53. The molecule has 0 aliphatic rings. The monoisotopic (exact) mass is 292 g/mol.